The molecule has 5 heteroatoms. The zero-order chi connectivity index (χ0) is 15.5. The minimum Gasteiger partial charge on any atom is -1.00 e. The van der Waals surface area contributed by atoms with Gasteiger partial charge in [0.25, 0.3) is 0 Å². The molecular weight excluding hydrogens is 444 g/mol. The molecule has 0 saturated carbocycles. The van der Waals surface area contributed by atoms with Crippen LogP contribution in [-0.4, -0.2) is 19.8 Å². The Hall–Kier alpha value is -0.730. The maximum Gasteiger partial charge on any atom is 3.00 e. The van der Waals surface area contributed by atoms with E-state index in [0.29, 0.717) is 0 Å². The molecular formula is C20H20Cl2NSiZr. The van der Waals surface area contributed by atoms with E-state index in [4.69, 9.17) is 0 Å². The number of nitrogens with zero attached hydrogens (tertiary/aromatic N) is 1. The van der Waals surface area contributed by atoms with Gasteiger partial charge < -0.3 is 24.8 Å². The third-order valence-corrected chi connectivity index (χ3v) is 4.52. The Morgan fingerprint density at radius 1 is 1.08 bits per heavy atom. The molecule has 25 heavy (non-hydrogen) atoms. The van der Waals surface area contributed by atoms with E-state index < -0.39 is 0 Å². The number of benzene rings is 1. The summed E-state index contributed by atoms with van der Waals surface area (Å²) in [5, 5.41) is 2.69. The van der Waals surface area contributed by atoms with E-state index in [9.17, 15) is 0 Å². The summed E-state index contributed by atoms with van der Waals surface area (Å²) < 4.78 is 0. The summed E-state index contributed by atoms with van der Waals surface area (Å²) in [7, 11) is -0.265. The van der Waals surface area contributed by atoms with Crippen molar-refractivity contribution in [3.63, 3.8) is 0 Å². The first-order chi connectivity index (χ1) is 10.6. The molecule has 0 atom stereocenters. The van der Waals surface area contributed by atoms with Gasteiger partial charge in [-0.2, -0.15) is 6.07 Å². The fourth-order valence-corrected chi connectivity index (χ4v) is 3.54. The van der Waals surface area contributed by atoms with Gasteiger partial charge in [0.2, 0.25) is 0 Å². The second-order valence-electron chi connectivity index (χ2n) is 5.96. The number of hydrogen-bond acceptors (Lipinski definition) is 1. The van der Waals surface area contributed by atoms with Crippen LogP contribution in [0.3, 0.4) is 0 Å². The maximum atomic E-state index is 4.24. The van der Waals surface area contributed by atoms with E-state index in [0.717, 1.165) is 5.71 Å². The molecule has 0 saturated heterocycles. The van der Waals surface area contributed by atoms with Crippen LogP contribution in [0.15, 0.2) is 77.0 Å². The summed E-state index contributed by atoms with van der Waals surface area (Å²) >= 11 is 0. The van der Waals surface area contributed by atoms with Crippen LogP contribution < -0.4 is 24.8 Å². The molecule has 0 bridgehead atoms. The number of aryl methyl sites for hydroxylation is 1. The van der Waals surface area contributed by atoms with Gasteiger partial charge in [0.1, 0.15) is 0 Å². The van der Waals surface area contributed by atoms with E-state index in [2.05, 4.69) is 85.3 Å². The summed E-state index contributed by atoms with van der Waals surface area (Å²) in [4.78, 5) is 4.24. The molecule has 127 valence electrons. The monoisotopic (exact) mass is 462 g/mol. The Morgan fingerprint density at radius 2 is 1.80 bits per heavy atom. The standard InChI is InChI=1S/C10H11NSi.C10H9.2ClH.Zr/c1-12(2)7-8-5-9-3-4-11-10(9)6-8;1-8-6-9-4-2-3-5-10(9)7-8;;;/h3-7H,1-2H3;2-7H,1H3;2*1H;/q;-1;;;+3/p-2. The van der Waals surface area contributed by atoms with E-state index >= 15 is 0 Å². The van der Waals surface area contributed by atoms with Gasteiger partial charge in [-0.05, 0) is 23.8 Å². The van der Waals surface area contributed by atoms with Crippen LogP contribution in [0.4, 0.5) is 0 Å². The summed E-state index contributed by atoms with van der Waals surface area (Å²) in [6, 6.07) is 12.8. The summed E-state index contributed by atoms with van der Waals surface area (Å²) in [5.41, 5.74) is 7.44. The van der Waals surface area contributed by atoms with Gasteiger partial charge in [-0.25, -0.2) is 0 Å². The molecule has 4 rings (SSSR count). The minimum absolute atomic E-state index is 0. The van der Waals surface area contributed by atoms with Crippen LogP contribution >= 0.6 is 0 Å². The van der Waals surface area contributed by atoms with E-state index in [1.54, 1.807) is 0 Å². The molecule has 0 aromatic heterocycles. The van der Waals surface area contributed by atoms with Gasteiger partial charge in [0, 0.05) is 20.2 Å². The number of rotatable bonds is 1. The Bertz CT molecular complexity index is 836. The Labute approximate surface area is 183 Å². The largest absolute Gasteiger partial charge is 3.00 e. The van der Waals surface area contributed by atoms with Crippen molar-refractivity contribution in [3.8, 4) is 0 Å². The van der Waals surface area contributed by atoms with E-state index in [-0.39, 0.29) is 59.4 Å². The van der Waals surface area contributed by atoms with Gasteiger partial charge in [-0.1, -0.05) is 31.8 Å². The number of aliphatic imine (C=N–C) groups is 1. The molecule has 2 aliphatic rings. The van der Waals surface area contributed by atoms with Crippen molar-refractivity contribution in [2.75, 3.05) is 0 Å². The zero-order valence-electron chi connectivity index (χ0n) is 14.6. The maximum absolute atomic E-state index is 4.24. The first kappa shape index (κ1) is 24.3. The van der Waals surface area contributed by atoms with Crippen LogP contribution in [0.2, 0.25) is 13.1 Å². The molecule has 0 N–H and O–H groups in total. The number of allylic oxidation sites excluding steroid dienone is 5. The second-order valence-corrected chi connectivity index (χ2v) is 8.40. The van der Waals surface area contributed by atoms with Crippen LogP contribution in [0.1, 0.15) is 5.56 Å². The number of halogens is 2. The summed E-state index contributed by atoms with van der Waals surface area (Å²) in [5.74, 6) is 0. The number of hydrogen-bond donors (Lipinski definition) is 0. The van der Waals surface area contributed by atoms with Gasteiger partial charge in [0.05, 0.1) is 5.71 Å². The van der Waals surface area contributed by atoms with Crippen LogP contribution in [0.25, 0.3) is 10.8 Å². The molecule has 1 heterocycles. The molecule has 1 radical (unpaired) electrons. The van der Waals surface area contributed by atoms with E-state index in [1.807, 2.05) is 6.20 Å². The summed E-state index contributed by atoms with van der Waals surface area (Å²) in [6.07, 6.45) is 8.29. The van der Waals surface area contributed by atoms with Crippen molar-refractivity contribution in [3.05, 3.63) is 77.5 Å². The first-order valence-electron chi connectivity index (χ1n) is 7.57. The molecule has 1 nitrogen and oxygen atoms in total. The van der Waals surface area contributed by atoms with Crippen molar-refractivity contribution >= 4 is 30.6 Å². The Kier molecular flexibility index (Phi) is 10.8. The number of fused-ring (bicyclic) bond motifs is 2. The van der Waals surface area contributed by atoms with Crippen LogP contribution in [0.5, 0.6) is 0 Å². The Balaban J connectivity index is 0.000000416. The van der Waals surface area contributed by atoms with Crippen molar-refractivity contribution < 1.29 is 51.0 Å². The molecule has 0 spiro atoms. The molecule has 2 aromatic rings. The van der Waals surface area contributed by atoms with Crippen molar-refractivity contribution in [2.45, 2.75) is 20.0 Å². The molecule has 0 amide bonds. The third kappa shape index (κ3) is 6.49. The molecule has 1 aliphatic heterocycles. The van der Waals surface area contributed by atoms with Gasteiger partial charge >= 0.3 is 26.2 Å². The fraction of sp³-hybridized carbons (Fsp3) is 0.150. The second kappa shape index (κ2) is 11.1. The molecule has 0 fully saturated rings. The minimum atomic E-state index is -0.265. The predicted octanol–water partition coefficient (Wildman–Crippen LogP) is -1.17. The van der Waals surface area contributed by atoms with Crippen LogP contribution in [-0.2, 0) is 26.2 Å². The smallest absolute Gasteiger partial charge is 1.00 e. The third-order valence-electron chi connectivity index (χ3n) is 3.61. The quantitative estimate of drug-likeness (QED) is 0.373. The topological polar surface area (TPSA) is 12.4 Å². The zero-order valence-corrected chi connectivity index (χ0v) is 19.5. The van der Waals surface area contributed by atoms with E-state index in [1.165, 1.54) is 27.5 Å². The predicted molar refractivity (Wildman–Crippen MR) is 101 cm³/mol. The van der Waals surface area contributed by atoms with Crippen molar-refractivity contribution in [1.82, 2.24) is 0 Å². The average molecular weight is 465 g/mol. The van der Waals surface area contributed by atoms with Crippen LogP contribution in [0, 0.1) is 6.92 Å². The first-order valence-corrected chi connectivity index (χ1v) is 10.1. The summed E-state index contributed by atoms with van der Waals surface area (Å²) in [6.45, 7) is 6.70. The average Bonchev–Trinajstić information content (AvgIpc) is 3.11. The fourth-order valence-electron chi connectivity index (χ4n) is 2.70. The van der Waals surface area contributed by atoms with Gasteiger partial charge in [-0.15, -0.1) is 40.6 Å². The van der Waals surface area contributed by atoms with Crippen molar-refractivity contribution in [2.24, 2.45) is 4.99 Å². The van der Waals surface area contributed by atoms with Crippen molar-refractivity contribution in [1.29, 1.82) is 0 Å². The van der Waals surface area contributed by atoms with Gasteiger partial charge in [0.15, 0.2) is 0 Å². The molecule has 0 unspecified atom stereocenters. The Morgan fingerprint density at radius 3 is 2.44 bits per heavy atom. The SMILES string of the molecule is C[Si](C)=CC1=CC2=NC=CC2=C1.Cc1cc2ccccc2[cH-]1.[Cl-].[Cl-].[Zr+3]. The molecule has 1 aliphatic carbocycles. The normalized spacial score (nSPS) is 13.0. The molecule has 2 aromatic carbocycles. The van der Waals surface area contributed by atoms with Gasteiger partial charge in [-0.3, -0.25) is 4.99 Å².